The first kappa shape index (κ1) is 13.1. The highest BCUT2D eigenvalue weighted by atomic mass is 16.5. The average molecular weight is 258 g/mol. The molecule has 7 heteroatoms. The van der Waals surface area contributed by atoms with E-state index < -0.39 is 0 Å². The van der Waals surface area contributed by atoms with E-state index in [1.54, 1.807) is 9.80 Å². The van der Waals surface area contributed by atoms with Crippen LogP contribution in [0, 0.1) is 0 Å². The summed E-state index contributed by atoms with van der Waals surface area (Å²) in [6.07, 6.45) is 0. The van der Waals surface area contributed by atoms with E-state index in [9.17, 15) is 9.59 Å². The maximum atomic E-state index is 12.2. The van der Waals surface area contributed by atoms with E-state index in [1.807, 2.05) is 5.32 Å². The third-order valence-corrected chi connectivity index (χ3v) is 3.32. The maximum absolute atomic E-state index is 12.2. The zero-order chi connectivity index (χ0) is 13.0. The molecule has 0 unspecified atom stereocenters. The number of carbonyl (C=O) groups excluding carboxylic acids is 2. The molecule has 2 N–H and O–H groups in total. The summed E-state index contributed by atoms with van der Waals surface area (Å²) in [5, 5.41) is 1.93. The van der Waals surface area contributed by atoms with Crippen molar-refractivity contribution in [3.05, 3.63) is 0 Å². The number of urea groups is 1. The van der Waals surface area contributed by atoms with Gasteiger partial charge >= 0.3 is 12.0 Å². The number of amides is 2. The predicted octanol–water partition coefficient (Wildman–Crippen LogP) is -2.14. The summed E-state index contributed by atoms with van der Waals surface area (Å²) in [5.74, 6) is -0.269. The van der Waals surface area contributed by atoms with Crippen LogP contribution in [0.25, 0.3) is 0 Å². The van der Waals surface area contributed by atoms with E-state index in [0.717, 1.165) is 6.54 Å². The van der Waals surface area contributed by atoms with Gasteiger partial charge in [-0.1, -0.05) is 0 Å². The van der Waals surface area contributed by atoms with Crippen molar-refractivity contribution in [2.45, 2.75) is 6.04 Å². The lowest BCUT2D eigenvalue weighted by Crippen LogP contribution is -2.97. The Kier molecular flexibility index (Phi) is 4.38. The van der Waals surface area contributed by atoms with Crippen molar-refractivity contribution < 1.29 is 24.4 Å². The third-order valence-electron chi connectivity index (χ3n) is 3.32. The van der Waals surface area contributed by atoms with Crippen molar-refractivity contribution in [3.8, 4) is 0 Å². The molecule has 2 saturated heterocycles. The van der Waals surface area contributed by atoms with Gasteiger partial charge in [0, 0.05) is 13.1 Å². The molecule has 2 fully saturated rings. The summed E-state index contributed by atoms with van der Waals surface area (Å²) >= 11 is 0. The normalized spacial score (nSPS) is 24.8. The van der Waals surface area contributed by atoms with E-state index in [1.165, 1.54) is 7.11 Å². The smallest absolute Gasteiger partial charge is 0.366 e. The second kappa shape index (κ2) is 6.01. The number of nitrogens with two attached hydrogens (primary N) is 1. The van der Waals surface area contributed by atoms with E-state index in [0.29, 0.717) is 39.4 Å². The lowest BCUT2D eigenvalue weighted by atomic mass is 10.2. The highest BCUT2D eigenvalue weighted by Crippen LogP contribution is 2.05. The molecule has 2 aliphatic heterocycles. The molecular weight excluding hydrogens is 238 g/mol. The SMILES string of the molecule is COC(=O)[C@H]1CN(C(=O)N2CCOCC2)CC[NH2+]1. The van der Waals surface area contributed by atoms with Gasteiger partial charge in [0.05, 0.1) is 40.0 Å². The minimum Gasteiger partial charge on any atom is -0.465 e. The van der Waals surface area contributed by atoms with Gasteiger partial charge in [-0.15, -0.1) is 0 Å². The number of esters is 1. The number of rotatable bonds is 1. The maximum Gasteiger partial charge on any atom is 0.366 e. The summed E-state index contributed by atoms with van der Waals surface area (Å²) in [7, 11) is 1.37. The van der Waals surface area contributed by atoms with Gasteiger partial charge in [0.25, 0.3) is 0 Å². The number of quaternary nitrogens is 1. The Bertz CT molecular complexity index is 317. The van der Waals surface area contributed by atoms with Crippen molar-refractivity contribution in [1.29, 1.82) is 0 Å². The molecule has 18 heavy (non-hydrogen) atoms. The highest BCUT2D eigenvalue weighted by molar-refractivity contribution is 5.78. The first-order valence-corrected chi connectivity index (χ1v) is 6.25. The number of hydrogen-bond acceptors (Lipinski definition) is 4. The Labute approximate surface area is 106 Å². The van der Waals surface area contributed by atoms with Crippen LogP contribution in [0.5, 0.6) is 0 Å². The Morgan fingerprint density at radius 3 is 2.61 bits per heavy atom. The van der Waals surface area contributed by atoms with Crippen molar-refractivity contribution in [3.63, 3.8) is 0 Å². The molecule has 2 rings (SSSR count). The molecule has 0 aliphatic carbocycles. The van der Waals surface area contributed by atoms with Gasteiger partial charge in [-0.05, 0) is 0 Å². The number of piperazine rings is 1. The van der Waals surface area contributed by atoms with Gasteiger partial charge in [0.15, 0.2) is 0 Å². The molecule has 7 nitrogen and oxygen atoms in total. The third kappa shape index (κ3) is 2.91. The first-order chi connectivity index (χ1) is 8.72. The van der Waals surface area contributed by atoms with E-state index in [2.05, 4.69) is 0 Å². The number of carbonyl (C=O) groups is 2. The monoisotopic (exact) mass is 258 g/mol. The average Bonchev–Trinajstić information content (AvgIpc) is 2.46. The lowest BCUT2D eigenvalue weighted by Gasteiger charge is -2.35. The molecule has 2 amide bonds. The van der Waals surface area contributed by atoms with E-state index in [4.69, 9.17) is 9.47 Å². The zero-order valence-corrected chi connectivity index (χ0v) is 10.6. The summed E-state index contributed by atoms with van der Waals surface area (Å²) in [4.78, 5) is 27.2. The molecule has 102 valence electrons. The Hall–Kier alpha value is -1.34. The first-order valence-electron chi connectivity index (χ1n) is 6.25. The van der Waals surface area contributed by atoms with Crippen LogP contribution in [0.1, 0.15) is 0 Å². The van der Waals surface area contributed by atoms with Crippen LogP contribution >= 0.6 is 0 Å². The van der Waals surface area contributed by atoms with E-state index >= 15 is 0 Å². The van der Waals surface area contributed by atoms with Gasteiger partial charge in [-0.3, -0.25) is 0 Å². The van der Waals surface area contributed by atoms with Gasteiger partial charge in [0.2, 0.25) is 6.04 Å². The number of hydrogen-bond donors (Lipinski definition) is 1. The molecular formula is C11H20N3O4+. The molecule has 0 saturated carbocycles. The van der Waals surface area contributed by atoms with Gasteiger partial charge in [0.1, 0.15) is 0 Å². The quantitative estimate of drug-likeness (QED) is 0.545. The lowest BCUT2D eigenvalue weighted by molar-refractivity contribution is -0.685. The Morgan fingerprint density at radius 1 is 1.22 bits per heavy atom. The fourth-order valence-electron chi connectivity index (χ4n) is 2.29. The van der Waals surface area contributed by atoms with E-state index in [-0.39, 0.29) is 18.0 Å². The standard InChI is InChI=1S/C11H19N3O4/c1-17-10(15)9-8-14(3-2-12-9)11(16)13-4-6-18-7-5-13/h9,12H,2-8H2,1H3/p+1/t9-/m1/s1. The molecule has 0 bridgehead atoms. The molecule has 0 aromatic rings. The molecule has 0 aromatic carbocycles. The fourth-order valence-corrected chi connectivity index (χ4v) is 2.29. The second-order valence-corrected chi connectivity index (χ2v) is 4.48. The highest BCUT2D eigenvalue weighted by Gasteiger charge is 2.34. The van der Waals surface area contributed by atoms with Crippen LogP contribution in [0.2, 0.25) is 0 Å². The summed E-state index contributed by atoms with van der Waals surface area (Å²) < 4.78 is 9.94. The molecule has 2 heterocycles. The number of ether oxygens (including phenoxy) is 2. The summed E-state index contributed by atoms with van der Waals surface area (Å²) in [6.45, 7) is 4.25. The van der Waals surface area contributed by atoms with Gasteiger partial charge < -0.3 is 24.6 Å². The van der Waals surface area contributed by atoms with Crippen LogP contribution in [0.15, 0.2) is 0 Å². The largest absolute Gasteiger partial charge is 0.465 e. The zero-order valence-electron chi connectivity index (χ0n) is 10.6. The fraction of sp³-hybridized carbons (Fsp3) is 0.818. The van der Waals surface area contributed by atoms with Gasteiger partial charge in [-0.2, -0.15) is 0 Å². The molecule has 2 aliphatic rings. The molecule has 0 radical (unpaired) electrons. The minimum atomic E-state index is -0.297. The number of nitrogens with zero attached hydrogens (tertiary/aromatic N) is 2. The van der Waals surface area contributed by atoms with Crippen LogP contribution in [-0.4, -0.2) is 80.9 Å². The van der Waals surface area contributed by atoms with Crippen LogP contribution in [-0.2, 0) is 14.3 Å². The van der Waals surface area contributed by atoms with Crippen molar-refractivity contribution in [2.24, 2.45) is 0 Å². The topological polar surface area (TPSA) is 75.7 Å². The van der Waals surface area contributed by atoms with Crippen LogP contribution in [0.3, 0.4) is 0 Å². The van der Waals surface area contributed by atoms with Crippen molar-refractivity contribution in [2.75, 3.05) is 53.0 Å². The Morgan fingerprint density at radius 2 is 1.94 bits per heavy atom. The summed E-state index contributed by atoms with van der Waals surface area (Å²) in [6, 6.07) is -0.297. The van der Waals surface area contributed by atoms with Crippen LogP contribution in [0.4, 0.5) is 4.79 Å². The number of methoxy groups -OCH3 is 1. The molecule has 0 aromatic heterocycles. The summed E-state index contributed by atoms with van der Waals surface area (Å²) in [5.41, 5.74) is 0. The van der Waals surface area contributed by atoms with Crippen molar-refractivity contribution in [1.82, 2.24) is 9.80 Å². The van der Waals surface area contributed by atoms with Crippen LogP contribution < -0.4 is 5.32 Å². The predicted molar refractivity (Wildman–Crippen MR) is 62.0 cm³/mol. The van der Waals surface area contributed by atoms with Crippen molar-refractivity contribution >= 4 is 12.0 Å². The molecule has 1 atom stereocenters. The Balaban J connectivity index is 1.91. The molecule has 0 spiro atoms. The number of morpholine rings is 1. The minimum absolute atomic E-state index is 0.000281. The second-order valence-electron chi connectivity index (χ2n) is 4.48. The van der Waals surface area contributed by atoms with Gasteiger partial charge in [-0.25, -0.2) is 9.59 Å².